The lowest BCUT2D eigenvalue weighted by molar-refractivity contribution is -0.124. The smallest absolute Gasteiger partial charge is 0.266 e. The minimum Gasteiger partial charge on any atom is -0.479 e. The first kappa shape index (κ1) is 18.5. The van der Waals surface area contributed by atoms with E-state index in [1.165, 1.54) is 0 Å². The van der Waals surface area contributed by atoms with Gasteiger partial charge in [0.25, 0.3) is 5.91 Å². The lowest BCUT2D eigenvalue weighted by Crippen LogP contribution is -2.37. The summed E-state index contributed by atoms with van der Waals surface area (Å²) in [5.74, 6) is 0.483. The highest BCUT2D eigenvalue weighted by Crippen LogP contribution is 2.24. The Balaban J connectivity index is 2.16. The van der Waals surface area contributed by atoms with E-state index in [0.29, 0.717) is 17.1 Å². The predicted octanol–water partition coefficient (Wildman–Crippen LogP) is 3.62. The summed E-state index contributed by atoms with van der Waals surface area (Å²) >= 11 is 0. The molecule has 0 bridgehead atoms. The predicted molar refractivity (Wildman–Crippen MR) is 96.3 cm³/mol. The number of nitrogens with zero attached hydrogens (tertiary/aromatic N) is 2. The number of para-hydroxylation sites is 1. The summed E-state index contributed by atoms with van der Waals surface area (Å²) in [6.07, 6.45) is -0.732. The summed E-state index contributed by atoms with van der Waals surface area (Å²) in [7, 11) is 0. The van der Waals surface area contributed by atoms with Crippen molar-refractivity contribution in [1.82, 2.24) is 10.2 Å². The van der Waals surface area contributed by atoms with Crippen molar-refractivity contribution in [3.63, 3.8) is 0 Å². The number of benzene rings is 1. The zero-order valence-electron chi connectivity index (χ0n) is 15.3. The van der Waals surface area contributed by atoms with E-state index in [0.717, 1.165) is 5.69 Å². The summed E-state index contributed by atoms with van der Waals surface area (Å²) in [6, 6.07) is 10.8. The molecule has 0 saturated heterocycles. The van der Waals surface area contributed by atoms with Gasteiger partial charge < -0.3 is 10.1 Å². The Morgan fingerprint density at radius 2 is 2.00 bits per heavy atom. The minimum atomic E-state index is -0.732. The van der Waals surface area contributed by atoms with E-state index in [2.05, 4.69) is 42.4 Å². The topological polar surface area (TPSA) is 90.8 Å². The van der Waals surface area contributed by atoms with Crippen molar-refractivity contribution in [2.24, 2.45) is 5.92 Å². The monoisotopic (exact) mass is 340 g/mol. The van der Waals surface area contributed by atoms with Gasteiger partial charge in [-0.2, -0.15) is 10.4 Å². The highest BCUT2D eigenvalue weighted by molar-refractivity contribution is 5.93. The maximum absolute atomic E-state index is 12.6. The number of hydrogen-bond donors (Lipinski definition) is 2. The third-order valence-corrected chi connectivity index (χ3v) is 3.76. The molecule has 6 heteroatoms. The molecule has 0 aliphatic carbocycles. The van der Waals surface area contributed by atoms with E-state index in [1.54, 1.807) is 24.3 Å². The van der Waals surface area contributed by atoms with Crippen LogP contribution in [0.15, 0.2) is 30.3 Å². The van der Waals surface area contributed by atoms with Crippen LogP contribution in [0.2, 0.25) is 0 Å². The van der Waals surface area contributed by atoms with Crippen LogP contribution in [0.1, 0.15) is 45.9 Å². The highest BCUT2D eigenvalue weighted by Gasteiger charge is 2.26. The number of carbonyl (C=O) groups excluding carboxylic acids is 1. The van der Waals surface area contributed by atoms with Crippen LogP contribution in [0.3, 0.4) is 0 Å². The largest absolute Gasteiger partial charge is 0.479 e. The molecule has 1 aromatic heterocycles. The summed E-state index contributed by atoms with van der Waals surface area (Å²) < 4.78 is 5.83. The number of anilines is 1. The molecular formula is C19H24N4O2. The number of carbonyl (C=O) groups is 1. The van der Waals surface area contributed by atoms with Crippen molar-refractivity contribution in [2.45, 2.75) is 46.1 Å². The molecule has 1 heterocycles. The first-order valence-corrected chi connectivity index (χ1v) is 8.25. The second-order valence-corrected chi connectivity index (χ2v) is 7.30. The first-order valence-electron chi connectivity index (χ1n) is 8.25. The van der Waals surface area contributed by atoms with Crippen molar-refractivity contribution in [1.29, 1.82) is 5.26 Å². The number of hydrogen-bond acceptors (Lipinski definition) is 4. The van der Waals surface area contributed by atoms with Crippen molar-refractivity contribution in [2.75, 3.05) is 5.32 Å². The van der Waals surface area contributed by atoms with Gasteiger partial charge in [-0.25, -0.2) is 0 Å². The number of nitrogens with one attached hydrogen (secondary N) is 2. The van der Waals surface area contributed by atoms with Gasteiger partial charge in [-0.3, -0.25) is 9.89 Å². The van der Waals surface area contributed by atoms with E-state index in [4.69, 9.17) is 4.74 Å². The summed E-state index contributed by atoms with van der Waals surface area (Å²) in [5.41, 5.74) is 1.24. The van der Waals surface area contributed by atoms with Gasteiger partial charge in [-0.15, -0.1) is 0 Å². The number of H-pyrrole nitrogens is 1. The molecule has 0 saturated carbocycles. The molecule has 0 radical (unpaired) electrons. The third-order valence-electron chi connectivity index (χ3n) is 3.76. The Bertz CT molecular complexity index is 781. The molecule has 0 fully saturated rings. The molecule has 6 nitrogen and oxygen atoms in total. The lowest BCUT2D eigenvalue weighted by Gasteiger charge is -2.21. The van der Waals surface area contributed by atoms with Gasteiger partial charge in [-0.05, 0) is 18.1 Å². The average molecular weight is 340 g/mol. The van der Waals surface area contributed by atoms with E-state index in [-0.39, 0.29) is 17.2 Å². The molecular weight excluding hydrogens is 316 g/mol. The summed E-state index contributed by atoms with van der Waals surface area (Å²) in [5, 5.41) is 19.0. The van der Waals surface area contributed by atoms with Crippen LogP contribution in [-0.2, 0) is 10.2 Å². The summed E-state index contributed by atoms with van der Waals surface area (Å²) in [6.45, 7) is 9.97. The Hall–Kier alpha value is -2.81. The second kappa shape index (κ2) is 7.39. The number of nitriles is 1. The summed E-state index contributed by atoms with van der Waals surface area (Å²) in [4.78, 5) is 12.6. The van der Waals surface area contributed by atoms with Gasteiger partial charge >= 0.3 is 0 Å². The third kappa shape index (κ3) is 4.60. The maximum Gasteiger partial charge on any atom is 0.266 e. The fraction of sp³-hybridized carbons (Fsp3) is 0.421. The van der Waals surface area contributed by atoms with Crippen molar-refractivity contribution in [3.8, 4) is 11.8 Å². The minimum absolute atomic E-state index is 0.0761. The van der Waals surface area contributed by atoms with Crippen LogP contribution in [0.4, 0.5) is 5.82 Å². The van der Waals surface area contributed by atoms with Gasteiger partial charge in [0.2, 0.25) is 0 Å². The molecule has 1 atom stereocenters. The number of amides is 1. The molecule has 1 unspecified atom stereocenters. The average Bonchev–Trinajstić information content (AvgIpc) is 3.01. The quantitative estimate of drug-likeness (QED) is 0.869. The zero-order chi connectivity index (χ0) is 18.6. The Morgan fingerprint density at radius 3 is 2.56 bits per heavy atom. The van der Waals surface area contributed by atoms with E-state index < -0.39 is 6.10 Å². The zero-order valence-corrected chi connectivity index (χ0v) is 15.3. The molecule has 0 aliphatic heterocycles. The van der Waals surface area contributed by atoms with E-state index >= 15 is 0 Å². The van der Waals surface area contributed by atoms with Gasteiger partial charge in [0, 0.05) is 17.2 Å². The van der Waals surface area contributed by atoms with Crippen LogP contribution in [0.5, 0.6) is 5.75 Å². The van der Waals surface area contributed by atoms with Gasteiger partial charge in [-0.1, -0.05) is 46.8 Å². The van der Waals surface area contributed by atoms with Gasteiger partial charge in [0.15, 0.2) is 11.9 Å². The van der Waals surface area contributed by atoms with Crippen LogP contribution in [0.25, 0.3) is 0 Å². The SMILES string of the molecule is CC(C)C(Oc1ccccc1C#N)C(=O)Nc1cc(C(C)(C)C)[nH]n1. The van der Waals surface area contributed by atoms with Crippen LogP contribution in [0, 0.1) is 17.2 Å². The molecule has 25 heavy (non-hydrogen) atoms. The molecule has 2 N–H and O–H groups in total. The standard InChI is InChI=1S/C19H24N4O2/c1-12(2)17(25-14-9-7-6-8-13(14)11-20)18(24)21-16-10-15(22-23-16)19(3,4)5/h6-10,12,17H,1-5H3,(H2,21,22,23,24). The molecule has 0 aliphatic rings. The molecule has 132 valence electrons. The van der Waals surface area contributed by atoms with Crippen LogP contribution >= 0.6 is 0 Å². The van der Waals surface area contributed by atoms with E-state index in [1.807, 2.05) is 19.9 Å². The van der Waals surface area contributed by atoms with Gasteiger partial charge in [0.05, 0.1) is 5.56 Å². The lowest BCUT2D eigenvalue weighted by atomic mass is 9.92. The fourth-order valence-electron chi connectivity index (χ4n) is 2.26. The molecule has 0 spiro atoms. The van der Waals surface area contributed by atoms with Crippen molar-refractivity contribution >= 4 is 11.7 Å². The van der Waals surface area contributed by atoms with Crippen molar-refractivity contribution in [3.05, 3.63) is 41.6 Å². The van der Waals surface area contributed by atoms with Crippen LogP contribution < -0.4 is 10.1 Å². The molecule has 2 rings (SSSR count). The number of ether oxygens (including phenoxy) is 1. The van der Waals surface area contributed by atoms with Crippen molar-refractivity contribution < 1.29 is 9.53 Å². The number of aromatic nitrogens is 2. The Morgan fingerprint density at radius 1 is 1.32 bits per heavy atom. The highest BCUT2D eigenvalue weighted by atomic mass is 16.5. The maximum atomic E-state index is 12.6. The second-order valence-electron chi connectivity index (χ2n) is 7.30. The Labute approximate surface area is 148 Å². The fourth-order valence-corrected chi connectivity index (χ4v) is 2.26. The normalized spacial score (nSPS) is 12.5. The van der Waals surface area contributed by atoms with Crippen LogP contribution in [-0.4, -0.2) is 22.2 Å². The molecule has 1 aromatic carbocycles. The van der Waals surface area contributed by atoms with E-state index in [9.17, 15) is 10.1 Å². The number of rotatable bonds is 5. The molecule has 1 amide bonds. The number of aromatic amines is 1. The Kier molecular flexibility index (Phi) is 5.48. The first-order chi connectivity index (χ1) is 11.7. The van der Waals surface area contributed by atoms with Gasteiger partial charge in [0.1, 0.15) is 11.8 Å². The molecule has 2 aromatic rings.